The van der Waals surface area contributed by atoms with Crippen LogP contribution in [0.3, 0.4) is 0 Å². The van der Waals surface area contributed by atoms with Crippen molar-refractivity contribution in [2.24, 2.45) is 0 Å². The van der Waals surface area contributed by atoms with Gasteiger partial charge in [-0.3, -0.25) is 9.78 Å². The minimum atomic E-state index is 0.0144. The van der Waals surface area contributed by atoms with Crippen LogP contribution in [-0.4, -0.2) is 54.4 Å². The van der Waals surface area contributed by atoms with Crippen LogP contribution in [-0.2, 0) is 6.42 Å². The highest BCUT2D eigenvalue weighted by Crippen LogP contribution is 2.07. The molecule has 1 aromatic heterocycles. The second-order valence-corrected chi connectivity index (χ2v) is 5.90. The van der Waals surface area contributed by atoms with Gasteiger partial charge in [0.25, 0.3) is 5.91 Å². The molecule has 1 amide bonds. The molecule has 0 fully saturated rings. The van der Waals surface area contributed by atoms with E-state index in [0.29, 0.717) is 5.69 Å². The van der Waals surface area contributed by atoms with E-state index in [1.165, 1.54) is 5.56 Å². The lowest BCUT2D eigenvalue weighted by Gasteiger charge is -2.24. The highest BCUT2D eigenvalue weighted by Gasteiger charge is 2.16. The van der Waals surface area contributed by atoms with Crippen molar-refractivity contribution in [2.75, 3.05) is 33.7 Å². The number of carbonyl (C=O) groups excluding carboxylic acids is 1. The molecule has 4 heteroatoms. The van der Waals surface area contributed by atoms with E-state index >= 15 is 0 Å². The number of hydrogen-bond donors (Lipinski definition) is 0. The first-order valence-corrected chi connectivity index (χ1v) is 8.06. The van der Waals surface area contributed by atoms with Crippen LogP contribution in [0.4, 0.5) is 0 Å². The van der Waals surface area contributed by atoms with Crippen LogP contribution in [0.15, 0.2) is 54.7 Å². The van der Waals surface area contributed by atoms with Crippen molar-refractivity contribution < 1.29 is 4.79 Å². The van der Waals surface area contributed by atoms with Crippen molar-refractivity contribution in [2.45, 2.75) is 12.8 Å². The van der Waals surface area contributed by atoms with E-state index in [1.54, 1.807) is 12.3 Å². The predicted octanol–water partition coefficient (Wildman–Crippen LogP) is 2.72. The van der Waals surface area contributed by atoms with Crippen molar-refractivity contribution in [1.29, 1.82) is 0 Å². The molecule has 0 atom stereocenters. The number of likely N-dealkylation sites (N-methyl/N-ethyl adjacent to an activating group) is 1. The molecular formula is C19H25N3O. The fraction of sp³-hybridized carbons (Fsp3) is 0.368. The van der Waals surface area contributed by atoms with Gasteiger partial charge < -0.3 is 9.80 Å². The largest absolute Gasteiger partial charge is 0.336 e. The molecule has 0 saturated heterocycles. The van der Waals surface area contributed by atoms with E-state index in [0.717, 1.165) is 32.5 Å². The van der Waals surface area contributed by atoms with Gasteiger partial charge in [-0.15, -0.1) is 0 Å². The van der Waals surface area contributed by atoms with E-state index in [2.05, 4.69) is 34.1 Å². The quantitative estimate of drug-likeness (QED) is 0.752. The second-order valence-electron chi connectivity index (χ2n) is 5.90. The Morgan fingerprint density at radius 3 is 2.35 bits per heavy atom. The Morgan fingerprint density at radius 1 is 0.957 bits per heavy atom. The van der Waals surface area contributed by atoms with Crippen molar-refractivity contribution in [1.82, 2.24) is 14.8 Å². The zero-order chi connectivity index (χ0) is 16.5. The molecule has 0 aliphatic carbocycles. The molecule has 0 aliphatic heterocycles. The number of hydrogen-bond acceptors (Lipinski definition) is 3. The molecule has 0 bridgehead atoms. The highest BCUT2D eigenvalue weighted by molar-refractivity contribution is 5.92. The number of amides is 1. The number of aromatic nitrogens is 1. The van der Waals surface area contributed by atoms with Crippen LogP contribution >= 0.6 is 0 Å². The van der Waals surface area contributed by atoms with Crippen LogP contribution in [0, 0.1) is 0 Å². The first kappa shape index (κ1) is 17.2. The topological polar surface area (TPSA) is 36.4 Å². The monoisotopic (exact) mass is 311 g/mol. The summed E-state index contributed by atoms with van der Waals surface area (Å²) < 4.78 is 0. The third kappa shape index (κ3) is 5.83. The molecule has 1 aromatic carbocycles. The highest BCUT2D eigenvalue weighted by atomic mass is 16.2. The van der Waals surface area contributed by atoms with Crippen LogP contribution in [0.1, 0.15) is 22.5 Å². The summed E-state index contributed by atoms with van der Waals surface area (Å²) in [5, 5.41) is 0. The lowest BCUT2D eigenvalue weighted by molar-refractivity contribution is 0.0737. The molecule has 2 rings (SSSR count). The molecule has 0 spiro atoms. The maximum atomic E-state index is 12.6. The predicted molar refractivity (Wildman–Crippen MR) is 93.5 cm³/mol. The number of nitrogens with zero attached hydrogens (tertiary/aromatic N) is 3. The summed E-state index contributed by atoms with van der Waals surface area (Å²) in [7, 11) is 4.04. The van der Waals surface area contributed by atoms with E-state index < -0.39 is 0 Å². The zero-order valence-corrected chi connectivity index (χ0v) is 14.0. The Balaban J connectivity index is 1.95. The smallest absolute Gasteiger partial charge is 0.272 e. The fourth-order valence-electron chi connectivity index (χ4n) is 2.41. The Labute approximate surface area is 138 Å². The van der Waals surface area contributed by atoms with Crippen LogP contribution in [0.25, 0.3) is 0 Å². The van der Waals surface area contributed by atoms with Gasteiger partial charge >= 0.3 is 0 Å². The van der Waals surface area contributed by atoms with Gasteiger partial charge in [0.1, 0.15) is 5.69 Å². The summed E-state index contributed by atoms with van der Waals surface area (Å²) in [5.74, 6) is 0.0144. The normalized spacial score (nSPS) is 10.7. The maximum absolute atomic E-state index is 12.6. The van der Waals surface area contributed by atoms with Gasteiger partial charge in [-0.25, -0.2) is 0 Å². The van der Waals surface area contributed by atoms with Crippen LogP contribution in [0.5, 0.6) is 0 Å². The lowest BCUT2D eigenvalue weighted by atomic mass is 10.1. The molecule has 4 nitrogen and oxygen atoms in total. The maximum Gasteiger partial charge on any atom is 0.272 e. The summed E-state index contributed by atoms with van der Waals surface area (Å²) in [6, 6.07) is 15.9. The van der Waals surface area contributed by atoms with Gasteiger partial charge in [0, 0.05) is 25.8 Å². The van der Waals surface area contributed by atoms with Crippen molar-refractivity contribution in [3.63, 3.8) is 0 Å². The number of rotatable bonds is 8. The zero-order valence-electron chi connectivity index (χ0n) is 14.0. The van der Waals surface area contributed by atoms with Gasteiger partial charge in [0.05, 0.1) is 0 Å². The Morgan fingerprint density at radius 2 is 1.70 bits per heavy atom. The first-order chi connectivity index (χ1) is 11.2. The van der Waals surface area contributed by atoms with Gasteiger partial charge in [-0.2, -0.15) is 0 Å². The number of carbonyl (C=O) groups is 1. The second kappa shape index (κ2) is 9.06. The first-order valence-electron chi connectivity index (χ1n) is 8.06. The molecule has 0 saturated carbocycles. The van der Waals surface area contributed by atoms with Crippen molar-refractivity contribution >= 4 is 5.91 Å². The number of benzene rings is 1. The number of pyridine rings is 1. The molecule has 0 unspecified atom stereocenters. The number of aryl methyl sites for hydroxylation is 1. The average molecular weight is 311 g/mol. The van der Waals surface area contributed by atoms with Gasteiger partial charge in [-0.1, -0.05) is 36.4 Å². The Hall–Kier alpha value is -2.20. The minimum absolute atomic E-state index is 0.0144. The lowest BCUT2D eigenvalue weighted by Crippen LogP contribution is -2.37. The fourth-order valence-corrected chi connectivity index (χ4v) is 2.41. The van der Waals surface area contributed by atoms with Gasteiger partial charge in [0.15, 0.2) is 0 Å². The average Bonchev–Trinajstić information content (AvgIpc) is 2.59. The van der Waals surface area contributed by atoms with Gasteiger partial charge in [-0.05, 0) is 44.6 Å². The summed E-state index contributed by atoms with van der Waals surface area (Å²) in [5.41, 5.74) is 1.83. The van der Waals surface area contributed by atoms with Crippen molar-refractivity contribution in [3.8, 4) is 0 Å². The molecule has 23 heavy (non-hydrogen) atoms. The summed E-state index contributed by atoms with van der Waals surface area (Å²) in [6.07, 6.45) is 3.60. The molecule has 1 heterocycles. The molecule has 0 aliphatic rings. The Kier molecular flexibility index (Phi) is 6.76. The molecule has 0 N–H and O–H groups in total. The van der Waals surface area contributed by atoms with E-state index in [-0.39, 0.29) is 5.91 Å². The van der Waals surface area contributed by atoms with E-state index in [1.807, 2.05) is 37.2 Å². The molecular weight excluding hydrogens is 286 g/mol. The third-order valence-electron chi connectivity index (χ3n) is 3.72. The summed E-state index contributed by atoms with van der Waals surface area (Å²) in [6.45, 7) is 2.32. The van der Waals surface area contributed by atoms with Crippen molar-refractivity contribution in [3.05, 3.63) is 66.0 Å². The molecule has 2 aromatic rings. The summed E-state index contributed by atoms with van der Waals surface area (Å²) >= 11 is 0. The Bertz CT molecular complexity index is 584. The SMILES string of the molecule is CN(C)CCN(CCCc1ccccc1)C(=O)c1ccccn1. The molecule has 0 radical (unpaired) electrons. The summed E-state index contributed by atoms with van der Waals surface area (Å²) in [4.78, 5) is 20.8. The van der Waals surface area contributed by atoms with Crippen LogP contribution in [0.2, 0.25) is 0 Å². The standard InChI is InChI=1S/C19H25N3O/c1-21(2)15-16-22(19(23)18-12-6-7-13-20-18)14-8-11-17-9-4-3-5-10-17/h3-7,9-10,12-13H,8,11,14-16H2,1-2H3. The minimum Gasteiger partial charge on any atom is -0.336 e. The van der Waals surface area contributed by atoms with Crippen LogP contribution < -0.4 is 0 Å². The van der Waals surface area contributed by atoms with E-state index in [4.69, 9.17) is 0 Å². The third-order valence-corrected chi connectivity index (χ3v) is 3.72. The van der Waals surface area contributed by atoms with E-state index in [9.17, 15) is 4.79 Å². The molecule has 122 valence electrons. The van der Waals surface area contributed by atoms with Gasteiger partial charge in [0.2, 0.25) is 0 Å².